The molecule has 2 aromatic rings. The molecule has 0 amide bonds. The normalized spacial score (nSPS) is 10.6. The fourth-order valence-electron chi connectivity index (χ4n) is 1.84. The molecular formula is C13H15BrN2O. The quantitative estimate of drug-likeness (QED) is 0.867. The molecule has 2 rings (SSSR count). The first kappa shape index (κ1) is 12.2. The zero-order valence-electron chi connectivity index (χ0n) is 10.2. The van der Waals surface area contributed by atoms with E-state index in [-0.39, 0.29) is 0 Å². The van der Waals surface area contributed by atoms with E-state index in [2.05, 4.69) is 28.0 Å². The summed E-state index contributed by atoms with van der Waals surface area (Å²) in [6.07, 6.45) is 0.921. The minimum atomic E-state index is 0.864. The number of methoxy groups -OCH3 is 1. The summed E-state index contributed by atoms with van der Waals surface area (Å²) in [6, 6.07) is 8.00. The highest BCUT2D eigenvalue weighted by atomic mass is 79.9. The van der Waals surface area contributed by atoms with Crippen molar-refractivity contribution in [1.29, 1.82) is 0 Å². The summed E-state index contributed by atoms with van der Waals surface area (Å²) < 4.78 is 8.14. The summed E-state index contributed by atoms with van der Waals surface area (Å²) in [5.74, 6) is 0.864. The van der Waals surface area contributed by atoms with Crippen LogP contribution < -0.4 is 4.74 Å². The molecule has 0 atom stereocenters. The summed E-state index contributed by atoms with van der Waals surface area (Å²) in [5, 5.41) is 4.49. The monoisotopic (exact) mass is 294 g/mol. The van der Waals surface area contributed by atoms with Crippen LogP contribution in [0.4, 0.5) is 0 Å². The smallest absolute Gasteiger partial charge is 0.118 e. The van der Waals surface area contributed by atoms with Crippen LogP contribution in [0.5, 0.6) is 5.75 Å². The minimum Gasteiger partial charge on any atom is -0.497 e. The summed E-state index contributed by atoms with van der Waals surface area (Å²) in [5.41, 5.74) is 3.31. The third-order valence-electron chi connectivity index (χ3n) is 2.75. The van der Waals surface area contributed by atoms with Gasteiger partial charge >= 0.3 is 0 Å². The molecule has 1 heterocycles. The topological polar surface area (TPSA) is 27.1 Å². The lowest BCUT2D eigenvalue weighted by Crippen LogP contribution is -1.94. The van der Waals surface area contributed by atoms with Gasteiger partial charge in [-0.15, -0.1) is 0 Å². The number of hydrogen-bond donors (Lipinski definition) is 0. The number of aryl methyl sites for hydroxylation is 2. The maximum Gasteiger partial charge on any atom is 0.118 e. The number of benzene rings is 1. The first-order valence-corrected chi connectivity index (χ1v) is 6.32. The molecular weight excluding hydrogens is 280 g/mol. The van der Waals surface area contributed by atoms with Crippen molar-refractivity contribution >= 4 is 15.9 Å². The van der Waals surface area contributed by atoms with Gasteiger partial charge in [0, 0.05) is 12.6 Å². The van der Waals surface area contributed by atoms with Crippen LogP contribution in [0.3, 0.4) is 0 Å². The second-order valence-electron chi connectivity index (χ2n) is 3.81. The van der Waals surface area contributed by atoms with Crippen LogP contribution in [0, 0.1) is 0 Å². The number of ether oxygens (including phenoxy) is 1. The van der Waals surface area contributed by atoms with Gasteiger partial charge in [-0.05, 0) is 46.6 Å². The Morgan fingerprint density at radius 2 is 1.94 bits per heavy atom. The Balaban J connectivity index is 2.48. The molecule has 0 saturated carbocycles. The molecule has 0 fully saturated rings. The van der Waals surface area contributed by atoms with Crippen LogP contribution in [-0.2, 0) is 13.5 Å². The lowest BCUT2D eigenvalue weighted by Gasteiger charge is -2.04. The van der Waals surface area contributed by atoms with E-state index >= 15 is 0 Å². The standard InChI is InChI=1S/C13H15BrN2O/c1-4-11-12(14)13(16(2)15-11)9-5-7-10(17-3)8-6-9/h5-8H,4H2,1-3H3. The minimum absolute atomic E-state index is 0.864. The van der Waals surface area contributed by atoms with Crippen molar-refractivity contribution in [2.24, 2.45) is 7.05 Å². The molecule has 1 aromatic heterocycles. The van der Waals surface area contributed by atoms with E-state index < -0.39 is 0 Å². The lowest BCUT2D eigenvalue weighted by molar-refractivity contribution is 0.415. The molecule has 0 bridgehead atoms. The van der Waals surface area contributed by atoms with Crippen molar-refractivity contribution in [3.63, 3.8) is 0 Å². The van der Waals surface area contributed by atoms with E-state index in [4.69, 9.17) is 4.74 Å². The van der Waals surface area contributed by atoms with Crippen molar-refractivity contribution in [3.05, 3.63) is 34.4 Å². The van der Waals surface area contributed by atoms with Crippen molar-refractivity contribution in [2.75, 3.05) is 7.11 Å². The van der Waals surface area contributed by atoms with E-state index in [0.29, 0.717) is 0 Å². The molecule has 0 unspecified atom stereocenters. The first-order valence-electron chi connectivity index (χ1n) is 5.53. The van der Waals surface area contributed by atoms with E-state index in [0.717, 1.165) is 33.6 Å². The van der Waals surface area contributed by atoms with Gasteiger partial charge in [0.2, 0.25) is 0 Å². The summed E-state index contributed by atoms with van der Waals surface area (Å²) >= 11 is 3.62. The highest BCUT2D eigenvalue weighted by Gasteiger charge is 2.13. The molecule has 0 spiro atoms. The zero-order chi connectivity index (χ0) is 12.4. The van der Waals surface area contributed by atoms with Gasteiger partial charge in [-0.3, -0.25) is 4.68 Å². The molecule has 4 heteroatoms. The second-order valence-corrected chi connectivity index (χ2v) is 4.61. The lowest BCUT2D eigenvalue weighted by atomic mass is 10.1. The maximum absolute atomic E-state index is 5.16. The Morgan fingerprint density at radius 3 is 2.41 bits per heavy atom. The molecule has 17 heavy (non-hydrogen) atoms. The summed E-state index contributed by atoms with van der Waals surface area (Å²) in [6.45, 7) is 2.10. The molecule has 0 aliphatic rings. The average Bonchev–Trinajstić information content (AvgIpc) is 2.64. The Hall–Kier alpha value is -1.29. The van der Waals surface area contributed by atoms with Gasteiger partial charge in [0.1, 0.15) is 5.75 Å². The van der Waals surface area contributed by atoms with Crippen LogP contribution in [0.25, 0.3) is 11.3 Å². The zero-order valence-corrected chi connectivity index (χ0v) is 11.8. The Labute approximate surface area is 110 Å². The summed E-state index contributed by atoms with van der Waals surface area (Å²) in [7, 11) is 3.63. The van der Waals surface area contributed by atoms with Gasteiger partial charge < -0.3 is 4.74 Å². The fraction of sp³-hybridized carbons (Fsp3) is 0.308. The van der Waals surface area contributed by atoms with Crippen LogP contribution >= 0.6 is 15.9 Å². The molecule has 1 aromatic carbocycles. The summed E-state index contributed by atoms with van der Waals surface area (Å²) in [4.78, 5) is 0. The van der Waals surface area contributed by atoms with E-state index in [9.17, 15) is 0 Å². The maximum atomic E-state index is 5.16. The molecule has 90 valence electrons. The molecule has 3 nitrogen and oxygen atoms in total. The van der Waals surface area contributed by atoms with Gasteiger partial charge in [-0.2, -0.15) is 5.10 Å². The van der Waals surface area contributed by atoms with E-state index in [1.54, 1.807) is 7.11 Å². The van der Waals surface area contributed by atoms with Crippen molar-refractivity contribution in [1.82, 2.24) is 9.78 Å². The van der Waals surface area contributed by atoms with Gasteiger partial charge in [0.15, 0.2) is 0 Å². The van der Waals surface area contributed by atoms with Crippen molar-refractivity contribution in [3.8, 4) is 17.0 Å². The van der Waals surface area contributed by atoms with Crippen LogP contribution in [0.2, 0.25) is 0 Å². The number of rotatable bonds is 3. The van der Waals surface area contributed by atoms with E-state index in [1.807, 2.05) is 36.0 Å². The molecule has 0 aliphatic heterocycles. The Bertz CT molecular complexity index is 517. The largest absolute Gasteiger partial charge is 0.497 e. The number of aromatic nitrogens is 2. The third kappa shape index (κ3) is 2.22. The molecule has 0 saturated heterocycles. The van der Waals surface area contributed by atoms with Gasteiger partial charge in [-0.25, -0.2) is 0 Å². The number of nitrogens with zero attached hydrogens (tertiary/aromatic N) is 2. The predicted molar refractivity (Wildman–Crippen MR) is 72.3 cm³/mol. The highest BCUT2D eigenvalue weighted by Crippen LogP contribution is 2.31. The van der Waals surface area contributed by atoms with Gasteiger partial charge in [-0.1, -0.05) is 6.92 Å². The van der Waals surface area contributed by atoms with Crippen LogP contribution in [-0.4, -0.2) is 16.9 Å². The van der Waals surface area contributed by atoms with Gasteiger partial charge in [0.05, 0.1) is 23.0 Å². The fourth-order valence-corrected chi connectivity index (χ4v) is 2.69. The average molecular weight is 295 g/mol. The SMILES string of the molecule is CCc1nn(C)c(-c2ccc(OC)cc2)c1Br. The van der Waals surface area contributed by atoms with E-state index in [1.165, 1.54) is 0 Å². The molecule has 0 N–H and O–H groups in total. The molecule has 0 radical (unpaired) electrons. The van der Waals surface area contributed by atoms with Crippen molar-refractivity contribution < 1.29 is 4.74 Å². The number of hydrogen-bond acceptors (Lipinski definition) is 2. The second kappa shape index (κ2) is 4.92. The molecule has 0 aliphatic carbocycles. The third-order valence-corrected chi connectivity index (χ3v) is 3.59. The first-order chi connectivity index (χ1) is 8.17. The highest BCUT2D eigenvalue weighted by molar-refractivity contribution is 9.10. The van der Waals surface area contributed by atoms with Crippen LogP contribution in [0.1, 0.15) is 12.6 Å². The Morgan fingerprint density at radius 1 is 1.29 bits per heavy atom. The van der Waals surface area contributed by atoms with Crippen LogP contribution in [0.15, 0.2) is 28.7 Å². The van der Waals surface area contributed by atoms with Crippen molar-refractivity contribution in [2.45, 2.75) is 13.3 Å². The predicted octanol–water partition coefficient (Wildman–Crippen LogP) is 3.42. The van der Waals surface area contributed by atoms with Gasteiger partial charge in [0.25, 0.3) is 0 Å². The Kier molecular flexibility index (Phi) is 3.52. The number of halogens is 1.